The molecule has 160 valence electrons. The monoisotopic (exact) mass is 449 g/mol. The van der Waals surface area contributed by atoms with Crippen LogP contribution in [0.4, 0.5) is 4.79 Å². The second-order valence-electron chi connectivity index (χ2n) is 7.56. The molecule has 1 aromatic carbocycles. The number of carbonyl (C=O) groups excluding carboxylic acids is 2. The van der Waals surface area contributed by atoms with Crippen LogP contribution in [0.15, 0.2) is 30.7 Å². The lowest BCUT2D eigenvalue weighted by Gasteiger charge is -2.35. The zero-order chi connectivity index (χ0) is 21.8. The number of likely N-dealkylation sites (tertiary alicyclic amines) is 1. The maximum Gasteiger partial charge on any atom is 0.318 e. The SMILES string of the molecule is CC(=O)C(NC(=O)N(C)C1CCN(C)CC1)c1ccc(-c2cnccn2)c(Cl)c1Cl. The molecule has 1 aliphatic heterocycles. The van der Waals surface area contributed by atoms with E-state index in [0.717, 1.165) is 25.9 Å². The molecule has 7 nitrogen and oxygen atoms in total. The van der Waals surface area contributed by atoms with Crippen LogP contribution in [0.3, 0.4) is 0 Å². The minimum Gasteiger partial charge on any atom is -0.325 e. The van der Waals surface area contributed by atoms with E-state index in [1.165, 1.54) is 6.92 Å². The van der Waals surface area contributed by atoms with E-state index in [1.54, 1.807) is 42.7 Å². The number of halogens is 2. The van der Waals surface area contributed by atoms with Gasteiger partial charge in [0, 0.05) is 36.6 Å². The molecule has 2 aromatic rings. The summed E-state index contributed by atoms with van der Waals surface area (Å²) >= 11 is 13.0. The molecule has 1 fully saturated rings. The second kappa shape index (κ2) is 9.73. The van der Waals surface area contributed by atoms with E-state index < -0.39 is 6.04 Å². The third kappa shape index (κ3) is 4.91. The summed E-state index contributed by atoms with van der Waals surface area (Å²) in [6, 6.07) is 2.35. The second-order valence-corrected chi connectivity index (χ2v) is 8.32. The summed E-state index contributed by atoms with van der Waals surface area (Å²) < 4.78 is 0. The molecule has 0 spiro atoms. The number of hydrogen-bond acceptors (Lipinski definition) is 5. The molecule has 1 unspecified atom stereocenters. The van der Waals surface area contributed by atoms with Crippen molar-refractivity contribution in [3.8, 4) is 11.3 Å². The van der Waals surface area contributed by atoms with Crippen molar-refractivity contribution < 1.29 is 9.59 Å². The normalized spacial score (nSPS) is 16.2. The van der Waals surface area contributed by atoms with Crippen LogP contribution in [0.25, 0.3) is 11.3 Å². The fraction of sp³-hybridized carbons (Fsp3) is 0.429. The number of piperidine rings is 1. The minimum absolute atomic E-state index is 0.131. The summed E-state index contributed by atoms with van der Waals surface area (Å²) in [5, 5.41) is 3.29. The molecule has 1 atom stereocenters. The Labute approximate surface area is 186 Å². The lowest BCUT2D eigenvalue weighted by atomic mass is 10.0. The van der Waals surface area contributed by atoms with Crippen LogP contribution in [0.1, 0.15) is 31.4 Å². The largest absolute Gasteiger partial charge is 0.325 e. The van der Waals surface area contributed by atoms with Crippen LogP contribution < -0.4 is 5.32 Å². The molecular formula is C21H25Cl2N5O2. The first-order valence-electron chi connectivity index (χ1n) is 9.76. The summed E-state index contributed by atoms with van der Waals surface area (Å²) in [7, 11) is 3.83. The number of amides is 2. The third-order valence-corrected chi connectivity index (χ3v) is 6.39. The van der Waals surface area contributed by atoms with Crippen LogP contribution in [0, 0.1) is 0 Å². The number of carbonyl (C=O) groups is 2. The molecular weight excluding hydrogens is 425 g/mol. The summed E-state index contributed by atoms with van der Waals surface area (Å²) in [4.78, 5) is 37.4. The van der Waals surface area contributed by atoms with Gasteiger partial charge in [-0.2, -0.15) is 0 Å². The quantitative estimate of drug-likeness (QED) is 0.750. The number of urea groups is 1. The van der Waals surface area contributed by atoms with E-state index in [4.69, 9.17) is 23.2 Å². The van der Waals surface area contributed by atoms with Crippen molar-refractivity contribution in [2.45, 2.75) is 31.8 Å². The lowest BCUT2D eigenvalue weighted by molar-refractivity contribution is -0.118. The average molecular weight is 450 g/mol. The molecule has 1 N–H and O–H groups in total. The Bertz CT molecular complexity index is 917. The number of aromatic nitrogens is 2. The van der Waals surface area contributed by atoms with E-state index in [1.807, 2.05) is 0 Å². The van der Waals surface area contributed by atoms with Crippen LogP contribution in [-0.2, 0) is 4.79 Å². The molecule has 1 aromatic heterocycles. The van der Waals surface area contributed by atoms with Crippen LogP contribution in [0.5, 0.6) is 0 Å². The first-order valence-corrected chi connectivity index (χ1v) is 10.5. The Morgan fingerprint density at radius 2 is 1.90 bits per heavy atom. The first-order chi connectivity index (χ1) is 14.3. The molecule has 0 aliphatic carbocycles. The van der Waals surface area contributed by atoms with Crippen LogP contribution in [-0.4, -0.2) is 64.8 Å². The van der Waals surface area contributed by atoms with Crippen molar-refractivity contribution in [2.24, 2.45) is 0 Å². The van der Waals surface area contributed by atoms with Gasteiger partial charge in [0.05, 0.1) is 21.9 Å². The standard InChI is InChI=1S/C21H25Cl2N5O2/c1-13(29)20(26-21(30)28(3)14-6-10-27(2)11-7-14)16-5-4-15(18(22)19(16)23)17-12-24-8-9-25-17/h4-5,8-9,12,14,20H,6-7,10-11H2,1-3H3,(H,26,30). The fourth-order valence-electron chi connectivity index (χ4n) is 3.60. The third-order valence-electron chi connectivity index (χ3n) is 5.49. The number of benzene rings is 1. The zero-order valence-corrected chi connectivity index (χ0v) is 18.7. The van der Waals surface area contributed by atoms with Gasteiger partial charge in [-0.3, -0.25) is 14.8 Å². The van der Waals surface area contributed by atoms with E-state index in [0.29, 0.717) is 16.8 Å². The number of Topliss-reactive ketones (excluding diaryl/α,β-unsaturated/α-hetero) is 1. The highest BCUT2D eigenvalue weighted by Crippen LogP contribution is 2.37. The Balaban J connectivity index is 1.82. The average Bonchev–Trinajstić information content (AvgIpc) is 2.74. The van der Waals surface area contributed by atoms with Gasteiger partial charge < -0.3 is 15.1 Å². The Morgan fingerprint density at radius 3 is 2.50 bits per heavy atom. The van der Waals surface area contributed by atoms with Gasteiger partial charge in [-0.25, -0.2) is 4.79 Å². The molecule has 0 radical (unpaired) electrons. The van der Waals surface area contributed by atoms with E-state index in [-0.39, 0.29) is 27.9 Å². The molecule has 2 heterocycles. The maximum absolute atomic E-state index is 12.9. The van der Waals surface area contributed by atoms with Crippen molar-refractivity contribution in [3.63, 3.8) is 0 Å². The maximum atomic E-state index is 12.9. The number of rotatable bonds is 5. The van der Waals surface area contributed by atoms with Crippen molar-refractivity contribution in [3.05, 3.63) is 46.3 Å². The van der Waals surface area contributed by atoms with Crippen molar-refractivity contribution >= 4 is 35.0 Å². The lowest BCUT2D eigenvalue weighted by Crippen LogP contribution is -2.49. The number of ketones is 1. The molecule has 0 bridgehead atoms. The van der Waals surface area contributed by atoms with Gasteiger partial charge in [-0.15, -0.1) is 0 Å². The predicted octanol–water partition coefficient (Wildman–Crippen LogP) is 3.82. The number of nitrogens with zero attached hydrogens (tertiary/aromatic N) is 4. The predicted molar refractivity (Wildman–Crippen MR) is 118 cm³/mol. The minimum atomic E-state index is -0.896. The zero-order valence-electron chi connectivity index (χ0n) is 17.2. The summed E-state index contributed by atoms with van der Waals surface area (Å²) in [5.41, 5.74) is 1.63. The molecule has 1 aliphatic rings. The molecule has 1 saturated heterocycles. The summed E-state index contributed by atoms with van der Waals surface area (Å²) in [6.45, 7) is 3.29. The molecule has 0 saturated carbocycles. The van der Waals surface area contributed by atoms with E-state index >= 15 is 0 Å². The highest BCUT2D eigenvalue weighted by Gasteiger charge is 2.29. The smallest absolute Gasteiger partial charge is 0.318 e. The summed E-state index contributed by atoms with van der Waals surface area (Å²) in [5.74, 6) is -0.231. The molecule has 30 heavy (non-hydrogen) atoms. The van der Waals surface area contributed by atoms with Gasteiger partial charge in [0.1, 0.15) is 6.04 Å². The Morgan fingerprint density at radius 1 is 1.20 bits per heavy atom. The molecule has 3 rings (SSSR count). The van der Waals surface area contributed by atoms with Gasteiger partial charge >= 0.3 is 6.03 Å². The highest BCUT2D eigenvalue weighted by atomic mass is 35.5. The fourth-order valence-corrected chi connectivity index (χ4v) is 4.14. The highest BCUT2D eigenvalue weighted by molar-refractivity contribution is 6.44. The van der Waals surface area contributed by atoms with Gasteiger partial charge in [-0.1, -0.05) is 35.3 Å². The van der Waals surface area contributed by atoms with E-state index in [2.05, 4.69) is 27.2 Å². The van der Waals surface area contributed by atoms with Crippen LogP contribution in [0.2, 0.25) is 10.0 Å². The van der Waals surface area contributed by atoms with Gasteiger partial charge in [0.15, 0.2) is 5.78 Å². The first kappa shape index (κ1) is 22.5. The molecule has 9 heteroatoms. The Kier molecular flexibility index (Phi) is 7.28. The topological polar surface area (TPSA) is 78.4 Å². The van der Waals surface area contributed by atoms with Crippen molar-refractivity contribution in [1.29, 1.82) is 0 Å². The van der Waals surface area contributed by atoms with Gasteiger partial charge in [0.25, 0.3) is 0 Å². The van der Waals surface area contributed by atoms with Gasteiger partial charge in [0.2, 0.25) is 0 Å². The van der Waals surface area contributed by atoms with Crippen molar-refractivity contribution in [1.82, 2.24) is 25.1 Å². The number of hydrogen-bond donors (Lipinski definition) is 1. The van der Waals surface area contributed by atoms with Crippen LogP contribution >= 0.6 is 23.2 Å². The van der Waals surface area contributed by atoms with Crippen molar-refractivity contribution in [2.75, 3.05) is 27.2 Å². The molecule has 2 amide bonds. The Hall–Kier alpha value is -2.22. The summed E-state index contributed by atoms with van der Waals surface area (Å²) in [6.07, 6.45) is 6.49. The van der Waals surface area contributed by atoms with Gasteiger partial charge in [-0.05, 0) is 39.9 Å². The van der Waals surface area contributed by atoms with E-state index in [9.17, 15) is 9.59 Å². The number of nitrogens with one attached hydrogen (secondary N) is 1.